The second kappa shape index (κ2) is 10.6. The molecule has 0 heterocycles. The Kier molecular flexibility index (Phi) is 8.49. The van der Waals surface area contributed by atoms with Crippen LogP contribution in [0.4, 0.5) is 4.39 Å². The lowest BCUT2D eigenvalue weighted by Gasteiger charge is -2.36. The van der Waals surface area contributed by atoms with Crippen LogP contribution in [0.2, 0.25) is 0 Å². The van der Waals surface area contributed by atoms with Crippen LogP contribution in [-0.2, 0) is 11.2 Å². The van der Waals surface area contributed by atoms with E-state index in [-0.39, 0.29) is 18.2 Å². The molecular weight excluding hydrogens is 341 g/mol. The predicted octanol–water partition coefficient (Wildman–Crippen LogP) is 4.69. The molecule has 0 saturated heterocycles. The first-order valence-corrected chi connectivity index (χ1v) is 10.2. The normalized spacial score (nSPS) is 24.1. The highest BCUT2D eigenvalue weighted by atomic mass is 19.1. The monoisotopic (exact) mass is 375 g/mol. The molecule has 1 fully saturated rings. The van der Waals surface area contributed by atoms with Crippen molar-refractivity contribution in [3.8, 4) is 0 Å². The second-order valence-corrected chi connectivity index (χ2v) is 8.18. The number of halogens is 1. The Morgan fingerprint density at radius 1 is 1.33 bits per heavy atom. The van der Waals surface area contributed by atoms with E-state index in [1.807, 2.05) is 24.3 Å². The number of benzene rings is 1. The first-order valence-electron chi connectivity index (χ1n) is 10.2. The van der Waals surface area contributed by atoms with Gasteiger partial charge in [0.1, 0.15) is 6.17 Å². The quantitative estimate of drug-likeness (QED) is 0.502. The summed E-state index contributed by atoms with van der Waals surface area (Å²) in [6, 6.07) is 10.3. The molecule has 3 nitrogen and oxygen atoms in total. The fraction of sp³-hybridized carbons (Fsp3) is 0.609. The molecule has 1 aromatic carbocycles. The smallest absolute Gasteiger partial charge is 0.224 e. The summed E-state index contributed by atoms with van der Waals surface area (Å²) in [7, 11) is 3.41. The van der Waals surface area contributed by atoms with Crippen molar-refractivity contribution in [1.82, 2.24) is 4.90 Å². The Bertz CT molecular complexity index is 602. The minimum atomic E-state index is -0.948. The number of allylic oxidation sites excluding steroid dienone is 2. The Hall–Kier alpha value is -1.68. The van der Waals surface area contributed by atoms with Gasteiger partial charge in [-0.15, -0.1) is 0 Å². The van der Waals surface area contributed by atoms with Gasteiger partial charge in [-0.1, -0.05) is 42.5 Å². The fourth-order valence-corrected chi connectivity index (χ4v) is 3.84. The van der Waals surface area contributed by atoms with Gasteiger partial charge in [-0.25, -0.2) is 4.39 Å². The van der Waals surface area contributed by atoms with E-state index in [0.717, 1.165) is 32.1 Å². The third-order valence-corrected chi connectivity index (χ3v) is 5.47. The Labute approximate surface area is 163 Å². The summed E-state index contributed by atoms with van der Waals surface area (Å²) in [6.45, 7) is 0. The third-order valence-electron chi connectivity index (χ3n) is 5.47. The van der Waals surface area contributed by atoms with Gasteiger partial charge in [-0.2, -0.15) is 0 Å². The van der Waals surface area contributed by atoms with E-state index < -0.39 is 11.8 Å². The van der Waals surface area contributed by atoms with Gasteiger partial charge in [-0.05, 0) is 62.8 Å². The molecule has 2 unspecified atom stereocenters. The van der Waals surface area contributed by atoms with Crippen molar-refractivity contribution in [2.75, 3.05) is 14.1 Å². The molecule has 1 amide bonds. The van der Waals surface area contributed by atoms with Gasteiger partial charge in [0.25, 0.3) is 0 Å². The molecule has 150 valence electrons. The molecule has 1 aromatic rings. The SMILES string of the molecule is CN(C)C(=O)CC1(O)CCC[C@H](/C=C/C(F)CCCCc2ccccc2)C1. The largest absolute Gasteiger partial charge is 0.389 e. The predicted molar refractivity (Wildman–Crippen MR) is 108 cm³/mol. The van der Waals surface area contributed by atoms with Crippen molar-refractivity contribution in [2.24, 2.45) is 5.92 Å². The molecular formula is C23H34FNO2. The van der Waals surface area contributed by atoms with Crippen molar-refractivity contribution in [3.05, 3.63) is 48.0 Å². The number of rotatable bonds is 9. The van der Waals surface area contributed by atoms with Gasteiger partial charge in [0.15, 0.2) is 0 Å². The fourth-order valence-electron chi connectivity index (χ4n) is 3.84. The van der Waals surface area contributed by atoms with Crippen LogP contribution in [0.3, 0.4) is 0 Å². The van der Waals surface area contributed by atoms with Crippen LogP contribution in [0.25, 0.3) is 0 Å². The first-order chi connectivity index (χ1) is 12.9. The van der Waals surface area contributed by atoms with Crippen molar-refractivity contribution in [2.45, 2.75) is 69.6 Å². The van der Waals surface area contributed by atoms with E-state index in [9.17, 15) is 14.3 Å². The Morgan fingerprint density at radius 2 is 2.07 bits per heavy atom. The van der Waals surface area contributed by atoms with Crippen LogP contribution in [0.1, 0.15) is 56.9 Å². The van der Waals surface area contributed by atoms with E-state index in [1.54, 1.807) is 20.2 Å². The molecule has 0 radical (unpaired) electrons. The maximum absolute atomic E-state index is 14.2. The molecule has 1 N–H and O–H groups in total. The molecule has 4 heteroatoms. The number of amides is 1. The molecule has 1 aliphatic carbocycles. The topological polar surface area (TPSA) is 40.5 Å². The van der Waals surface area contributed by atoms with Crippen LogP contribution in [-0.4, -0.2) is 41.8 Å². The lowest BCUT2D eigenvalue weighted by Crippen LogP contribution is -2.40. The number of carbonyl (C=O) groups excluding carboxylic acids is 1. The summed E-state index contributed by atoms with van der Waals surface area (Å²) in [6.07, 6.45) is 9.23. The number of carbonyl (C=O) groups is 1. The summed E-state index contributed by atoms with van der Waals surface area (Å²) in [5.41, 5.74) is 0.355. The van der Waals surface area contributed by atoms with Gasteiger partial charge >= 0.3 is 0 Å². The number of aliphatic hydroxyl groups is 1. The van der Waals surface area contributed by atoms with E-state index in [2.05, 4.69) is 12.1 Å². The third kappa shape index (κ3) is 7.84. The number of aryl methyl sites for hydroxylation is 1. The van der Waals surface area contributed by atoms with Gasteiger partial charge in [-0.3, -0.25) is 4.79 Å². The molecule has 3 atom stereocenters. The molecule has 1 aliphatic rings. The highest BCUT2D eigenvalue weighted by Crippen LogP contribution is 2.36. The summed E-state index contributed by atoms with van der Waals surface area (Å²) in [5, 5.41) is 10.7. The summed E-state index contributed by atoms with van der Waals surface area (Å²) in [4.78, 5) is 13.4. The van der Waals surface area contributed by atoms with Gasteiger partial charge < -0.3 is 10.0 Å². The molecule has 0 aromatic heterocycles. The zero-order valence-corrected chi connectivity index (χ0v) is 16.7. The molecule has 0 aliphatic heterocycles. The van der Waals surface area contributed by atoms with E-state index >= 15 is 0 Å². The van der Waals surface area contributed by atoms with Crippen molar-refractivity contribution < 1.29 is 14.3 Å². The number of hydrogen-bond acceptors (Lipinski definition) is 2. The Balaban J connectivity index is 1.71. The first kappa shape index (κ1) is 21.6. The van der Waals surface area contributed by atoms with Crippen LogP contribution in [0.5, 0.6) is 0 Å². The number of nitrogens with zero attached hydrogens (tertiary/aromatic N) is 1. The van der Waals surface area contributed by atoms with E-state index in [1.165, 1.54) is 10.5 Å². The lowest BCUT2D eigenvalue weighted by molar-refractivity contribution is -0.135. The highest BCUT2D eigenvalue weighted by Gasteiger charge is 2.35. The van der Waals surface area contributed by atoms with Crippen molar-refractivity contribution in [1.29, 1.82) is 0 Å². The van der Waals surface area contributed by atoms with Gasteiger partial charge in [0.05, 0.1) is 12.0 Å². The number of hydrogen-bond donors (Lipinski definition) is 1. The van der Waals surface area contributed by atoms with Crippen LogP contribution >= 0.6 is 0 Å². The average molecular weight is 376 g/mol. The molecule has 27 heavy (non-hydrogen) atoms. The summed E-state index contributed by atoms with van der Waals surface area (Å²) < 4.78 is 14.2. The molecule has 2 rings (SSSR count). The maximum Gasteiger partial charge on any atom is 0.224 e. The zero-order valence-electron chi connectivity index (χ0n) is 16.7. The van der Waals surface area contributed by atoms with Gasteiger partial charge in [0, 0.05) is 14.1 Å². The van der Waals surface area contributed by atoms with Crippen LogP contribution in [0, 0.1) is 5.92 Å². The molecule has 0 bridgehead atoms. The van der Waals surface area contributed by atoms with Crippen molar-refractivity contribution >= 4 is 5.91 Å². The molecule has 1 saturated carbocycles. The zero-order chi connectivity index (χ0) is 19.7. The number of alkyl halides is 1. The Morgan fingerprint density at radius 3 is 2.78 bits per heavy atom. The lowest BCUT2D eigenvalue weighted by atomic mass is 9.76. The number of unbranched alkanes of at least 4 members (excludes halogenated alkanes) is 1. The minimum Gasteiger partial charge on any atom is -0.389 e. The minimum absolute atomic E-state index is 0.0519. The van der Waals surface area contributed by atoms with Crippen LogP contribution in [0.15, 0.2) is 42.5 Å². The van der Waals surface area contributed by atoms with Crippen molar-refractivity contribution in [3.63, 3.8) is 0 Å². The standard InChI is InChI=1S/C23H34FNO2/c1-25(2)22(26)18-23(27)16-8-12-20(17-23)14-15-21(24)13-7-6-11-19-9-4-3-5-10-19/h3-5,9-10,14-15,20-21,27H,6-8,11-13,16-18H2,1-2H3/b15-14+/t20-,21?,23?/m1/s1. The highest BCUT2D eigenvalue weighted by molar-refractivity contribution is 5.76. The second-order valence-electron chi connectivity index (χ2n) is 8.18. The van der Waals surface area contributed by atoms with E-state index in [4.69, 9.17) is 0 Å². The summed E-state index contributed by atoms with van der Waals surface area (Å²) >= 11 is 0. The summed E-state index contributed by atoms with van der Waals surface area (Å²) in [5.74, 6) is 0.102. The maximum atomic E-state index is 14.2. The molecule has 0 spiro atoms. The van der Waals surface area contributed by atoms with Crippen LogP contribution < -0.4 is 0 Å². The van der Waals surface area contributed by atoms with E-state index in [0.29, 0.717) is 19.3 Å². The van der Waals surface area contributed by atoms with Gasteiger partial charge in [0.2, 0.25) is 5.91 Å². The average Bonchev–Trinajstić information content (AvgIpc) is 2.64.